The maximum absolute atomic E-state index is 13.5. The van der Waals surface area contributed by atoms with Gasteiger partial charge in [0, 0.05) is 17.9 Å². The second kappa shape index (κ2) is 11.3. The van der Waals surface area contributed by atoms with Gasteiger partial charge in [0.15, 0.2) is 16.7 Å². The minimum absolute atomic E-state index is 0.111. The number of hydrogen-bond acceptors (Lipinski definition) is 6. The molecule has 0 aliphatic carbocycles. The van der Waals surface area contributed by atoms with Crippen LogP contribution in [0.3, 0.4) is 0 Å². The molecule has 0 saturated heterocycles. The van der Waals surface area contributed by atoms with Crippen LogP contribution in [0.15, 0.2) is 35.3 Å². The Kier molecular flexibility index (Phi) is 8.45. The number of thioether (sulfide) groups is 1. The Bertz CT molecular complexity index is 963. The van der Waals surface area contributed by atoms with E-state index in [-0.39, 0.29) is 5.91 Å². The molecule has 0 radical (unpaired) electrons. The van der Waals surface area contributed by atoms with Gasteiger partial charge in [-0.1, -0.05) is 35.5 Å². The lowest BCUT2D eigenvalue weighted by molar-refractivity contribution is 0.0859. The normalized spacial score (nSPS) is 13.2. The summed E-state index contributed by atoms with van der Waals surface area (Å²) in [7, 11) is 0. The zero-order chi connectivity index (χ0) is 23.1. The minimum Gasteiger partial charge on any atom is -0.490 e. The Hall–Kier alpha value is -2.67. The third kappa shape index (κ3) is 5.57. The van der Waals surface area contributed by atoms with Crippen molar-refractivity contribution in [3.8, 4) is 17.2 Å². The molecule has 0 spiro atoms. The van der Waals surface area contributed by atoms with Crippen molar-refractivity contribution in [2.24, 2.45) is 4.99 Å². The van der Waals surface area contributed by atoms with Crippen molar-refractivity contribution in [3.05, 3.63) is 52.6 Å². The Morgan fingerprint density at radius 3 is 2.28 bits per heavy atom. The largest absolute Gasteiger partial charge is 0.490 e. The summed E-state index contributed by atoms with van der Waals surface area (Å²) in [5, 5.41) is 0.751. The van der Waals surface area contributed by atoms with Gasteiger partial charge in [0.2, 0.25) is 5.75 Å². The minimum atomic E-state index is -0.111. The molecule has 1 aliphatic heterocycles. The fourth-order valence-corrected chi connectivity index (χ4v) is 4.61. The van der Waals surface area contributed by atoms with Crippen LogP contribution in [0.4, 0.5) is 0 Å². The van der Waals surface area contributed by atoms with E-state index in [1.54, 1.807) is 28.8 Å². The number of rotatable bonds is 9. The van der Waals surface area contributed by atoms with Crippen LogP contribution in [0.2, 0.25) is 0 Å². The highest BCUT2D eigenvalue weighted by atomic mass is 32.2. The fourth-order valence-electron chi connectivity index (χ4n) is 3.50. The summed E-state index contributed by atoms with van der Waals surface area (Å²) in [4.78, 5) is 19.8. The summed E-state index contributed by atoms with van der Waals surface area (Å²) in [6.45, 7) is 12.5. The molecular weight excluding hydrogens is 424 g/mol. The van der Waals surface area contributed by atoms with E-state index in [0.717, 1.165) is 10.9 Å². The molecule has 2 aromatic carbocycles. The molecule has 2 aromatic rings. The Balaban J connectivity index is 1.83. The molecule has 0 N–H and O–H groups in total. The van der Waals surface area contributed by atoms with Crippen molar-refractivity contribution < 1.29 is 19.0 Å². The van der Waals surface area contributed by atoms with Gasteiger partial charge in [0.05, 0.1) is 26.4 Å². The maximum Gasteiger partial charge on any atom is 0.260 e. The number of benzene rings is 2. The summed E-state index contributed by atoms with van der Waals surface area (Å²) in [5.41, 5.74) is 4.24. The highest BCUT2D eigenvalue weighted by Crippen LogP contribution is 2.39. The van der Waals surface area contributed by atoms with Crippen molar-refractivity contribution in [1.82, 2.24) is 4.90 Å². The first kappa shape index (κ1) is 24.0. The summed E-state index contributed by atoms with van der Waals surface area (Å²) < 4.78 is 17.3. The van der Waals surface area contributed by atoms with E-state index in [1.165, 1.54) is 16.7 Å². The van der Waals surface area contributed by atoms with Crippen LogP contribution in [0.25, 0.3) is 0 Å². The van der Waals surface area contributed by atoms with Crippen molar-refractivity contribution >= 4 is 22.8 Å². The van der Waals surface area contributed by atoms with Crippen molar-refractivity contribution in [3.63, 3.8) is 0 Å². The Morgan fingerprint density at radius 2 is 1.66 bits per heavy atom. The molecule has 6 nitrogen and oxygen atoms in total. The molecule has 0 bridgehead atoms. The van der Waals surface area contributed by atoms with Crippen molar-refractivity contribution in [1.29, 1.82) is 0 Å². The summed E-state index contributed by atoms with van der Waals surface area (Å²) in [6, 6.07) is 9.92. The van der Waals surface area contributed by atoms with E-state index >= 15 is 0 Å². The highest BCUT2D eigenvalue weighted by molar-refractivity contribution is 8.13. The Morgan fingerprint density at radius 1 is 1.00 bits per heavy atom. The monoisotopic (exact) mass is 456 g/mol. The number of carbonyl (C=O) groups is 1. The van der Waals surface area contributed by atoms with Gasteiger partial charge in [0.1, 0.15) is 0 Å². The molecular formula is C25H32N2O4S. The van der Waals surface area contributed by atoms with Gasteiger partial charge in [-0.25, -0.2) is 0 Å². The van der Waals surface area contributed by atoms with Crippen LogP contribution < -0.4 is 14.2 Å². The maximum atomic E-state index is 13.5. The van der Waals surface area contributed by atoms with E-state index < -0.39 is 0 Å². The lowest BCUT2D eigenvalue weighted by Crippen LogP contribution is -2.33. The lowest BCUT2D eigenvalue weighted by atomic mass is 10.1. The number of nitrogens with zero attached hydrogens (tertiary/aromatic N) is 2. The third-order valence-corrected chi connectivity index (χ3v) is 6.13. The number of hydrogen-bond donors (Lipinski definition) is 0. The standard InChI is InChI=1S/C25H32N2O4S/c1-6-29-21-14-19(15-22(30-7-2)23(21)31-8-3)24(28)27-12-11-26-25(27)32-16-20-13-17(4)9-10-18(20)5/h9-10,13-15H,6-8,11-12,16H2,1-5H3. The number of amides is 1. The van der Waals surface area contributed by atoms with E-state index in [1.807, 2.05) is 20.8 Å². The zero-order valence-electron chi connectivity index (χ0n) is 19.6. The van der Waals surface area contributed by atoms with Crippen LogP contribution in [-0.4, -0.2) is 48.9 Å². The molecule has 1 heterocycles. The second-order valence-corrected chi connectivity index (χ2v) is 8.38. The van der Waals surface area contributed by atoms with Crippen molar-refractivity contribution in [2.45, 2.75) is 40.4 Å². The lowest BCUT2D eigenvalue weighted by Gasteiger charge is -2.21. The molecule has 0 fully saturated rings. The van der Waals surface area contributed by atoms with Crippen LogP contribution in [0.5, 0.6) is 17.2 Å². The topological polar surface area (TPSA) is 60.4 Å². The van der Waals surface area contributed by atoms with E-state index in [9.17, 15) is 4.79 Å². The van der Waals surface area contributed by atoms with Gasteiger partial charge in [0.25, 0.3) is 5.91 Å². The van der Waals surface area contributed by atoms with E-state index in [0.29, 0.717) is 55.7 Å². The molecule has 0 unspecified atom stereocenters. The molecule has 1 aliphatic rings. The summed E-state index contributed by atoms with van der Waals surface area (Å²) >= 11 is 1.60. The highest BCUT2D eigenvalue weighted by Gasteiger charge is 2.27. The molecule has 0 atom stereocenters. The van der Waals surface area contributed by atoms with Gasteiger partial charge in [-0.3, -0.25) is 14.7 Å². The molecule has 0 saturated carbocycles. The summed E-state index contributed by atoms with van der Waals surface area (Å²) in [5.74, 6) is 2.23. The number of carbonyl (C=O) groups excluding carboxylic acids is 1. The molecule has 7 heteroatoms. The second-order valence-electron chi connectivity index (χ2n) is 7.44. The van der Waals surface area contributed by atoms with Crippen LogP contribution in [-0.2, 0) is 5.75 Å². The first-order valence-corrected chi connectivity index (χ1v) is 12.1. The predicted octanol–water partition coefficient (Wildman–Crippen LogP) is 5.24. The quantitative estimate of drug-likeness (QED) is 0.516. The van der Waals surface area contributed by atoms with Crippen LogP contribution in [0, 0.1) is 13.8 Å². The molecule has 3 rings (SSSR count). The molecule has 172 valence electrons. The number of aryl methyl sites for hydroxylation is 2. The van der Waals surface area contributed by atoms with Gasteiger partial charge >= 0.3 is 0 Å². The van der Waals surface area contributed by atoms with E-state index in [4.69, 9.17) is 14.2 Å². The fraction of sp³-hybridized carbons (Fsp3) is 0.440. The number of ether oxygens (including phenoxy) is 3. The summed E-state index contributed by atoms with van der Waals surface area (Å²) in [6.07, 6.45) is 0. The van der Waals surface area contributed by atoms with Gasteiger partial charge < -0.3 is 14.2 Å². The van der Waals surface area contributed by atoms with Crippen LogP contribution >= 0.6 is 11.8 Å². The SMILES string of the molecule is CCOc1cc(C(=O)N2CCN=C2SCc2cc(C)ccc2C)cc(OCC)c1OCC. The van der Waals surface area contributed by atoms with Gasteiger partial charge in [-0.05, 0) is 57.9 Å². The van der Waals surface area contributed by atoms with Crippen molar-refractivity contribution in [2.75, 3.05) is 32.9 Å². The zero-order valence-corrected chi connectivity index (χ0v) is 20.4. The molecule has 0 aromatic heterocycles. The van der Waals surface area contributed by atoms with Crippen LogP contribution in [0.1, 0.15) is 47.8 Å². The third-order valence-electron chi connectivity index (χ3n) is 5.06. The van der Waals surface area contributed by atoms with Gasteiger partial charge in [-0.15, -0.1) is 0 Å². The molecule has 32 heavy (non-hydrogen) atoms. The first-order valence-electron chi connectivity index (χ1n) is 11.1. The smallest absolute Gasteiger partial charge is 0.260 e. The Labute approximate surface area is 195 Å². The average molecular weight is 457 g/mol. The number of amidine groups is 1. The van der Waals surface area contributed by atoms with E-state index in [2.05, 4.69) is 37.0 Å². The first-order chi connectivity index (χ1) is 15.5. The average Bonchev–Trinajstić information content (AvgIpc) is 3.25. The molecule has 1 amide bonds. The van der Waals surface area contributed by atoms with Gasteiger partial charge in [-0.2, -0.15) is 0 Å². The number of aliphatic imine (C=N–C) groups is 1. The predicted molar refractivity (Wildman–Crippen MR) is 130 cm³/mol.